The van der Waals surface area contributed by atoms with Crippen molar-refractivity contribution in [3.8, 4) is 0 Å². The molecule has 3 aromatic rings. The zero-order valence-electron chi connectivity index (χ0n) is 10.2. The van der Waals surface area contributed by atoms with Crippen LogP contribution in [0.4, 0.5) is 4.39 Å². The number of furan rings is 1. The first-order chi connectivity index (χ1) is 9.56. The van der Waals surface area contributed by atoms with Gasteiger partial charge in [0, 0.05) is 10.4 Å². The second-order valence-electron chi connectivity index (χ2n) is 4.45. The Balaban J connectivity index is 2.08. The van der Waals surface area contributed by atoms with E-state index in [2.05, 4.69) is 0 Å². The van der Waals surface area contributed by atoms with Crippen molar-refractivity contribution in [1.29, 1.82) is 0 Å². The van der Waals surface area contributed by atoms with Crippen LogP contribution in [0, 0.1) is 5.82 Å². The highest BCUT2D eigenvalue weighted by Crippen LogP contribution is 2.33. The molecule has 0 radical (unpaired) electrons. The SMILES string of the molecule is NC(c1cc2cccc(Cl)c2o1)c1ccc(F)cc1Cl. The van der Waals surface area contributed by atoms with Crippen LogP contribution >= 0.6 is 23.2 Å². The van der Waals surface area contributed by atoms with E-state index in [4.69, 9.17) is 33.4 Å². The Bertz CT molecular complexity index is 785. The molecule has 1 atom stereocenters. The Morgan fingerprint density at radius 1 is 1.05 bits per heavy atom. The third-order valence-electron chi connectivity index (χ3n) is 3.12. The molecule has 1 unspecified atom stereocenters. The van der Waals surface area contributed by atoms with Gasteiger partial charge in [-0.25, -0.2) is 4.39 Å². The van der Waals surface area contributed by atoms with Gasteiger partial charge in [0.15, 0.2) is 5.58 Å². The molecule has 20 heavy (non-hydrogen) atoms. The van der Waals surface area contributed by atoms with E-state index in [1.54, 1.807) is 12.1 Å². The maximum absolute atomic E-state index is 13.1. The second kappa shape index (κ2) is 5.09. The molecule has 0 bridgehead atoms. The Morgan fingerprint density at radius 3 is 2.55 bits per heavy atom. The number of hydrogen-bond donors (Lipinski definition) is 1. The highest BCUT2D eigenvalue weighted by molar-refractivity contribution is 6.34. The van der Waals surface area contributed by atoms with Gasteiger partial charge in [0.2, 0.25) is 0 Å². The Kier molecular flexibility index (Phi) is 3.42. The van der Waals surface area contributed by atoms with E-state index in [1.807, 2.05) is 18.2 Å². The molecule has 5 heteroatoms. The van der Waals surface area contributed by atoms with Gasteiger partial charge in [-0.1, -0.05) is 41.4 Å². The zero-order chi connectivity index (χ0) is 14.3. The second-order valence-corrected chi connectivity index (χ2v) is 5.26. The van der Waals surface area contributed by atoms with Crippen LogP contribution in [-0.4, -0.2) is 0 Å². The van der Waals surface area contributed by atoms with Crippen molar-refractivity contribution in [3.63, 3.8) is 0 Å². The third-order valence-corrected chi connectivity index (χ3v) is 3.74. The Labute approximate surface area is 124 Å². The first kappa shape index (κ1) is 13.4. The number of benzene rings is 2. The van der Waals surface area contributed by atoms with Crippen molar-refractivity contribution >= 4 is 34.2 Å². The fraction of sp³-hybridized carbons (Fsp3) is 0.0667. The summed E-state index contributed by atoms with van der Waals surface area (Å²) in [7, 11) is 0. The molecular formula is C15H10Cl2FNO. The minimum Gasteiger partial charge on any atom is -0.457 e. The minimum absolute atomic E-state index is 0.268. The molecular weight excluding hydrogens is 300 g/mol. The predicted molar refractivity (Wildman–Crippen MR) is 78.7 cm³/mol. The molecule has 102 valence electrons. The maximum atomic E-state index is 13.1. The van der Waals surface area contributed by atoms with Gasteiger partial charge in [0.25, 0.3) is 0 Å². The molecule has 0 fully saturated rings. The molecule has 1 aromatic heterocycles. The highest BCUT2D eigenvalue weighted by Gasteiger charge is 2.18. The number of para-hydroxylation sites is 1. The van der Waals surface area contributed by atoms with Crippen LogP contribution < -0.4 is 5.73 Å². The molecule has 2 N–H and O–H groups in total. The summed E-state index contributed by atoms with van der Waals surface area (Å²) < 4.78 is 18.8. The van der Waals surface area contributed by atoms with Crippen LogP contribution in [0.15, 0.2) is 46.9 Å². The lowest BCUT2D eigenvalue weighted by atomic mass is 10.1. The average Bonchev–Trinajstić information content (AvgIpc) is 2.83. The van der Waals surface area contributed by atoms with Crippen LogP contribution in [-0.2, 0) is 0 Å². The number of hydrogen-bond acceptors (Lipinski definition) is 2. The smallest absolute Gasteiger partial charge is 0.152 e. The van der Waals surface area contributed by atoms with Crippen molar-refractivity contribution in [3.05, 3.63) is 69.7 Å². The molecule has 0 amide bonds. The van der Waals surface area contributed by atoms with E-state index < -0.39 is 11.9 Å². The summed E-state index contributed by atoms with van der Waals surface area (Å²) in [5, 5.41) is 1.65. The average molecular weight is 310 g/mol. The summed E-state index contributed by atoms with van der Waals surface area (Å²) >= 11 is 12.1. The first-order valence-corrected chi connectivity index (χ1v) is 6.70. The Hall–Kier alpha value is -1.55. The van der Waals surface area contributed by atoms with E-state index in [0.717, 1.165) is 5.39 Å². The van der Waals surface area contributed by atoms with Crippen molar-refractivity contribution in [2.24, 2.45) is 5.73 Å². The van der Waals surface area contributed by atoms with Crippen LogP contribution in [0.3, 0.4) is 0 Å². The fourth-order valence-electron chi connectivity index (χ4n) is 2.11. The van der Waals surface area contributed by atoms with E-state index >= 15 is 0 Å². The van der Waals surface area contributed by atoms with E-state index in [-0.39, 0.29) is 5.02 Å². The fourth-order valence-corrected chi connectivity index (χ4v) is 2.61. The Morgan fingerprint density at radius 2 is 1.85 bits per heavy atom. The molecule has 0 saturated heterocycles. The van der Waals surface area contributed by atoms with E-state index in [0.29, 0.717) is 21.9 Å². The van der Waals surface area contributed by atoms with Crippen LogP contribution in [0.25, 0.3) is 11.0 Å². The summed E-state index contributed by atoms with van der Waals surface area (Å²) in [6, 6.07) is 10.8. The molecule has 0 aliphatic carbocycles. The van der Waals surface area contributed by atoms with Crippen molar-refractivity contribution in [2.75, 3.05) is 0 Å². The van der Waals surface area contributed by atoms with Gasteiger partial charge in [0.1, 0.15) is 11.6 Å². The van der Waals surface area contributed by atoms with E-state index in [1.165, 1.54) is 12.1 Å². The monoisotopic (exact) mass is 309 g/mol. The topological polar surface area (TPSA) is 39.2 Å². The molecule has 0 aliphatic rings. The molecule has 0 saturated carbocycles. The normalized spacial score (nSPS) is 12.8. The van der Waals surface area contributed by atoms with Crippen LogP contribution in [0.2, 0.25) is 10.0 Å². The van der Waals surface area contributed by atoms with E-state index in [9.17, 15) is 4.39 Å². The highest BCUT2D eigenvalue weighted by atomic mass is 35.5. The first-order valence-electron chi connectivity index (χ1n) is 5.95. The van der Waals surface area contributed by atoms with Crippen molar-refractivity contribution in [2.45, 2.75) is 6.04 Å². The molecule has 3 rings (SSSR count). The molecule has 0 aliphatic heterocycles. The van der Waals surface area contributed by atoms with Crippen molar-refractivity contribution < 1.29 is 8.81 Å². The predicted octanol–water partition coefficient (Wildman–Crippen LogP) is 4.93. The summed E-state index contributed by atoms with van der Waals surface area (Å²) in [5.41, 5.74) is 7.32. The summed E-state index contributed by atoms with van der Waals surface area (Å²) in [6.07, 6.45) is 0. The molecule has 2 nitrogen and oxygen atoms in total. The quantitative estimate of drug-likeness (QED) is 0.729. The summed E-state index contributed by atoms with van der Waals surface area (Å²) in [4.78, 5) is 0. The number of rotatable bonds is 2. The van der Waals surface area contributed by atoms with Gasteiger partial charge < -0.3 is 10.2 Å². The molecule has 0 spiro atoms. The van der Waals surface area contributed by atoms with Gasteiger partial charge in [0.05, 0.1) is 11.1 Å². The lowest BCUT2D eigenvalue weighted by molar-refractivity contribution is 0.524. The largest absolute Gasteiger partial charge is 0.457 e. The van der Waals surface area contributed by atoms with Gasteiger partial charge in [-0.2, -0.15) is 0 Å². The summed E-state index contributed by atoms with van der Waals surface area (Å²) in [5.74, 6) is 0.125. The lowest BCUT2D eigenvalue weighted by Gasteiger charge is -2.10. The number of halogens is 3. The van der Waals surface area contributed by atoms with Gasteiger partial charge in [-0.15, -0.1) is 0 Å². The molecule has 1 heterocycles. The zero-order valence-corrected chi connectivity index (χ0v) is 11.8. The van der Waals surface area contributed by atoms with Gasteiger partial charge >= 0.3 is 0 Å². The van der Waals surface area contributed by atoms with Gasteiger partial charge in [-0.3, -0.25) is 0 Å². The standard InChI is InChI=1S/C15H10Cl2FNO/c16-11-3-1-2-8-6-13(20-15(8)11)14(19)10-5-4-9(18)7-12(10)17/h1-7,14H,19H2. The van der Waals surface area contributed by atoms with Crippen LogP contribution in [0.1, 0.15) is 17.4 Å². The third kappa shape index (κ3) is 2.29. The lowest BCUT2D eigenvalue weighted by Crippen LogP contribution is -2.11. The van der Waals surface area contributed by atoms with Gasteiger partial charge in [-0.05, 0) is 29.8 Å². The number of nitrogens with two attached hydrogens (primary N) is 1. The summed E-state index contributed by atoms with van der Waals surface area (Å²) in [6.45, 7) is 0. The van der Waals surface area contributed by atoms with Crippen molar-refractivity contribution in [1.82, 2.24) is 0 Å². The minimum atomic E-state index is -0.577. The molecule has 2 aromatic carbocycles. The van der Waals surface area contributed by atoms with Crippen LogP contribution in [0.5, 0.6) is 0 Å². The number of fused-ring (bicyclic) bond motifs is 1. The maximum Gasteiger partial charge on any atom is 0.152 e.